The zero-order valence-electron chi connectivity index (χ0n) is 8.60. The van der Waals surface area contributed by atoms with Crippen molar-refractivity contribution in [3.8, 4) is 0 Å². The van der Waals surface area contributed by atoms with Crippen molar-refractivity contribution < 1.29 is 4.79 Å². The van der Waals surface area contributed by atoms with Crippen molar-refractivity contribution in [1.82, 2.24) is 9.59 Å². The van der Waals surface area contributed by atoms with Crippen molar-refractivity contribution in [2.24, 2.45) is 0 Å². The van der Waals surface area contributed by atoms with Crippen LogP contribution in [0.15, 0.2) is 23.6 Å². The van der Waals surface area contributed by atoms with Gasteiger partial charge in [-0.2, -0.15) is 0 Å². The highest BCUT2D eigenvalue weighted by atomic mass is 32.1. The molecule has 1 amide bonds. The summed E-state index contributed by atoms with van der Waals surface area (Å²) in [7, 11) is 0. The van der Waals surface area contributed by atoms with E-state index in [0.29, 0.717) is 17.1 Å². The molecular formula is C10H10N4OS. The van der Waals surface area contributed by atoms with E-state index < -0.39 is 0 Å². The fourth-order valence-electron chi connectivity index (χ4n) is 1.24. The SMILES string of the molecule is Cc1c(N)cccc1NC(=O)c1csnn1. The molecule has 82 valence electrons. The molecule has 0 atom stereocenters. The van der Waals surface area contributed by atoms with Gasteiger partial charge < -0.3 is 11.1 Å². The van der Waals surface area contributed by atoms with Gasteiger partial charge in [-0.15, -0.1) is 5.10 Å². The monoisotopic (exact) mass is 234 g/mol. The van der Waals surface area contributed by atoms with Gasteiger partial charge in [0.15, 0.2) is 5.69 Å². The molecule has 0 aliphatic rings. The number of nitrogens with zero attached hydrogens (tertiary/aromatic N) is 2. The molecular weight excluding hydrogens is 224 g/mol. The first-order chi connectivity index (χ1) is 7.68. The first-order valence-corrected chi connectivity index (χ1v) is 5.45. The topological polar surface area (TPSA) is 80.9 Å². The molecule has 2 aromatic rings. The third-order valence-corrected chi connectivity index (χ3v) is 2.72. The molecule has 2 rings (SSSR count). The van der Waals surface area contributed by atoms with Crippen LogP contribution in [-0.4, -0.2) is 15.5 Å². The lowest BCUT2D eigenvalue weighted by atomic mass is 10.1. The normalized spacial score (nSPS) is 10.1. The minimum Gasteiger partial charge on any atom is -0.398 e. The van der Waals surface area contributed by atoms with Gasteiger partial charge in [0.25, 0.3) is 5.91 Å². The van der Waals surface area contributed by atoms with Crippen molar-refractivity contribution in [3.63, 3.8) is 0 Å². The second-order valence-electron chi connectivity index (χ2n) is 3.26. The number of hydrogen-bond donors (Lipinski definition) is 2. The number of carbonyl (C=O) groups is 1. The number of benzene rings is 1. The Morgan fingerprint density at radius 1 is 1.50 bits per heavy atom. The van der Waals surface area contributed by atoms with Crippen molar-refractivity contribution in [1.29, 1.82) is 0 Å². The number of hydrogen-bond acceptors (Lipinski definition) is 5. The molecule has 1 aromatic carbocycles. The Morgan fingerprint density at radius 2 is 2.31 bits per heavy atom. The highest BCUT2D eigenvalue weighted by molar-refractivity contribution is 7.03. The van der Waals surface area contributed by atoms with Crippen molar-refractivity contribution >= 4 is 28.8 Å². The van der Waals surface area contributed by atoms with E-state index in [1.807, 2.05) is 6.92 Å². The zero-order chi connectivity index (χ0) is 11.5. The lowest BCUT2D eigenvalue weighted by molar-refractivity contribution is 0.102. The minimum absolute atomic E-state index is 0.276. The number of carbonyl (C=O) groups excluding carboxylic acids is 1. The number of anilines is 2. The Morgan fingerprint density at radius 3 is 3.00 bits per heavy atom. The van der Waals surface area contributed by atoms with Gasteiger partial charge in [0, 0.05) is 16.8 Å². The second kappa shape index (κ2) is 4.28. The van der Waals surface area contributed by atoms with Crippen LogP contribution < -0.4 is 11.1 Å². The summed E-state index contributed by atoms with van der Waals surface area (Å²) in [6, 6.07) is 5.37. The fraction of sp³-hybridized carbons (Fsp3) is 0.100. The highest BCUT2D eigenvalue weighted by Gasteiger charge is 2.10. The minimum atomic E-state index is -0.276. The summed E-state index contributed by atoms with van der Waals surface area (Å²) in [5.41, 5.74) is 8.24. The summed E-state index contributed by atoms with van der Waals surface area (Å²) in [5.74, 6) is -0.276. The molecule has 0 spiro atoms. The molecule has 0 aliphatic carbocycles. The van der Waals surface area contributed by atoms with Crippen LogP contribution in [0, 0.1) is 6.92 Å². The van der Waals surface area contributed by atoms with Gasteiger partial charge in [0.05, 0.1) is 0 Å². The molecule has 5 nitrogen and oxygen atoms in total. The predicted octanol–water partition coefficient (Wildman–Crippen LogP) is 1.68. The molecule has 0 saturated carbocycles. The largest absolute Gasteiger partial charge is 0.398 e. The van der Waals surface area contributed by atoms with E-state index >= 15 is 0 Å². The third-order valence-electron chi connectivity index (χ3n) is 2.22. The molecule has 3 N–H and O–H groups in total. The van der Waals surface area contributed by atoms with E-state index in [4.69, 9.17) is 5.73 Å². The Hall–Kier alpha value is -1.95. The van der Waals surface area contributed by atoms with Gasteiger partial charge >= 0.3 is 0 Å². The lowest BCUT2D eigenvalue weighted by Gasteiger charge is -2.08. The quantitative estimate of drug-likeness (QED) is 0.775. The van der Waals surface area contributed by atoms with E-state index in [1.54, 1.807) is 23.6 Å². The van der Waals surface area contributed by atoms with Gasteiger partial charge in [0.1, 0.15) is 0 Å². The van der Waals surface area contributed by atoms with E-state index in [9.17, 15) is 4.79 Å². The Balaban J connectivity index is 2.22. The Bertz CT molecular complexity index is 510. The average molecular weight is 234 g/mol. The van der Waals surface area contributed by atoms with Crippen molar-refractivity contribution in [2.45, 2.75) is 6.92 Å². The summed E-state index contributed by atoms with van der Waals surface area (Å²) < 4.78 is 3.63. The Kier molecular flexibility index (Phi) is 2.82. The number of nitrogens with two attached hydrogens (primary N) is 1. The molecule has 0 unspecified atom stereocenters. The maximum absolute atomic E-state index is 11.7. The van der Waals surface area contributed by atoms with Crippen LogP contribution in [0.4, 0.5) is 11.4 Å². The highest BCUT2D eigenvalue weighted by Crippen LogP contribution is 2.20. The summed E-state index contributed by atoms with van der Waals surface area (Å²) >= 11 is 1.14. The van der Waals surface area contributed by atoms with E-state index in [1.165, 1.54) is 0 Å². The van der Waals surface area contributed by atoms with Gasteiger partial charge in [-0.3, -0.25) is 4.79 Å². The molecule has 0 fully saturated rings. The summed E-state index contributed by atoms with van der Waals surface area (Å²) in [6.45, 7) is 1.85. The standard InChI is InChI=1S/C10H10N4OS/c1-6-7(11)3-2-4-8(6)12-10(15)9-5-16-14-13-9/h2-5H,11H2,1H3,(H,12,15). The number of rotatable bonds is 2. The maximum Gasteiger partial charge on any atom is 0.277 e. The fourth-order valence-corrected chi connectivity index (χ4v) is 1.68. The van der Waals surface area contributed by atoms with Gasteiger partial charge in [0.2, 0.25) is 0 Å². The summed E-state index contributed by atoms with van der Waals surface area (Å²) in [6.07, 6.45) is 0. The predicted molar refractivity (Wildman–Crippen MR) is 63.5 cm³/mol. The third kappa shape index (κ3) is 2.01. The van der Waals surface area contributed by atoms with Crippen LogP contribution in [0.2, 0.25) is 0 Å². The zero-order valence-corrected chi connectivity index (χ0v) is 9.41. The smallest absolute Gasteiger partial charge is 0.277 e. The molecule has 0 saturated heterocycles. The lowest BCUT2D eigenvalue weighted by Crippen LogP contribution is -2.13. The van der Waals surface area contributed by atoms with Crippen LogP contribution in [-0.2, 0) is 0 Å². The first kappa shape index (κ1) is 10.6. The number of aromatic nitrogens is 2. The molecule has 0 bridgehead atoms. The molecule has 1 aromatic heterocycles. The number of amides is 1. The van der Waals surface area contributed by atoms with Crippen molar-refractivity contribution in [2.75, 3.05) is 11.1 Å². The van der Waals surface area contributed by atoms with Crippen LogP contribution >= 0.6 is 11.5 Å². The molecule has 1 heterocycles. The van der Waals surface area contributed by atoms with E-state index in [0.717, 1.165) is 17.1 Å². The second-order valence-corrected chi connectivity index (χ2v) is 3.87. The summed E-state index contributed by atoms with van der Waals surface area (Å²) in [4.78, 5) is 11.7. The maximum atomic E-state index is 11.7. The van der Waals surface area contributed by atoms with E-state index in [-0.39, 0.29) is 5.91 Å². The van der Waals surface area contributed by atoms with Crippen LogP contribution in [0.25, 0.3) is 0 Å². The van der Waals surface area contributed by atoms with Gasteiger partial charge in [-0.25, -0.2) is 0 Å². The Labute approximate surface area is 96.5 Å². The first-order valence-electron chi connectivity index (χ1n) is 4.62. The summed E-state index contributed by atoms with van der Waals surface area (Å²) in [5, 5.41) is 8.02. The number of nitrogens with one attached hydrogen (secondary N) is 1. The van der Waals surface area contributed by atoms with Crippen LogP contribution in [0.5, 0.6) is 0 Å². The van der Waals surface area contributed by atoms with Gasteiger partial charge in [-0.1, -0.05) is 10.6 Å². The number of nitrogen functional groups attached to an aromatic ring is 1. The molecule has 6 heteroatoms. The molecule has 16 heavy (non-hydrogen) atoms. The van der Waals surface area contributed by atoms with Crippen LogP contribution in [0.3, 0.4) is 0 Å². The van der Waals surface area contributed by atoms with Crippen LogP contribution in [0.1, 0.15) is 16.1 Å². The molecule has 0 aliphatic heterocycles. The molecule has 0 radical (unpaired) electrons. The average Bonchev–Trinajstić information content (AvgIpc) is 2.78. The van der Waals surface area contributed by atoms with Crippen molar-refractivity contribution in [3.05, 3.63) is 34.8 Å². The van der Waals surface area contributed by atoms with Gasteiger partial charge in [-0.05, 0) is 36.2 Å². The van der Waals surface area contributed by atoms with E-state index in [2.05, 4.69) is 14.9 Å².